The molecule has 0 atom stereocenters. The molecule has 1 aliphatic carbocycles. The van der Waals surface area contributed by atoms with Crippen LogP contribution in [0.2, 0.25) is 5.15 Å². The van der Waals surface area contributed by atoms with Gasteiger partial charge in [0, 0.05) is 12.3 Å². The molecule has 3 N–H and O–H groups in total. The van der Waals surface area contributed by atoms with Gasteiger partial charge in [-0.2, -0.15) is 0 Å². The smallest absolute Gasteiger partial charge is 0.150 e. The van der Waals surface area contributed by atoms with Gasteiger partial charge in [-0.05, 0) is 19.4 Å². The van der Waals surface area contributed by atoms with Crippen molar-refractivity contribution < 1.29 is 0 Å². The monoisotopic (exact) mass is 227 g/mol. The lowest BCUT2D eigenvalue weighted by molar-refractivity contribution is 0.437. The molecule has 0 radical (unpaired) electrons. The van der Waals surface area contributed by atoms with Crippen molar-refractivity contribution in [2.45, 2.75) is 44.4 Å². The summed E-state index contributed by atoms with van der Waals surface area (Å²) in [6.45, 7) is 0.619. The summed E-state index contributed by atoms with van der Waals surface area (Å²) in [5.74, 6) is 1.52. The predicted molar refractivity (Wildman–Crippen MR) is 62.2 cm³/mol. The molecule has 0 amide bonds. The maximum atomic E-state index is 6.13. The SMILES string of the molecule is NCCc1nc(Cl)c(C2CCCCC2)[nH]1. The van der Waals surface area contributed by atoms with Gasteiger partial charge in [0.1, 0.15) is 5.82 Å². The van der Waals surface area contributed by atoms with Crippen LogP contribution in [0, 0.1) is 0 Å². The number of nitrogens with one attached hydrogen (secondary N) is 1. The lowest BCUT2D eigenvalue weighted by Gasteiger charge is -2.20. The van der Waals surface area contributed by atoms with Crippen LogP contribution in [0.5, 0.6) is 0 Å². The van der Waals surface area contributed by atoms with Gasteiger partial charge in [0.15, 0.2) is 5.15 Å². The number of nitrogens with zero attached hydrogens (tertiary/aromatic N) is 1. The van der Waals surface area contributed by atoms with Crippen molar-refractivity contribution in [2.24, 2.45) is 5.73 Å². The van der Waals surface area contributed by atoms with Crippen LogP contribution in [0.1, 0.15) is 49.5 Å². The lowest BCUT2D eigenvalue weighted by atomic mass is 9.87. The molecular weight excluding hydrogens is 210 g/mol. The lowest BCUT2D eigenvalue weighted by Crippen LogP contribution is -2.06. The Hall–Kier alpha value is -0.540. The third kappa shape index (κ3) is 2.52. The molecule has 1 fully saturated rings. The molecule has 3 nitrogen and oxygen atoms in total. The number of H-pyrrole nitrogens is 1. The molecule has 2 rings (SSSR count). The Morgan fingerprint density at radius 1 is 1.33 bits per heavy atom. The van der Waals surface area contributed by atoms with Crippen LogP contribution in [0.3, 0.4) is 0 Å². The first-order valence-electron chi connectivity index (χ1n) is 5.75. The van der Waals surface area contributed by atoms with Gasteiger partial charge in [0.05, 0.1) is 5.69 Å². The first-order valence-corrected chi connectivity index (χ1v) is 6.13. The van der Waals surface area contributed by atoms with E-state index in [4.69, 9.17) is 17.3 Å². The molecule has 1 heterocycles. The zero-order chi connectivity index (χ0) is 10.7. The molecule has 1 saturated carbocycles. The molecule has 1 aliphatic rings. The molecule has 1 aromatic rings. The van der Waals surface area contributed by atoms with Crippen molar-refractivity contribution in [3.05, 3.63) is 16.7 Å². The first kappa shape index (κ1) is 11.0. The molecule has 0 bridgehead atoms. The number of aromatic nitrogens is 2. The van der Waals surface area contributed by atoms with E-state index in [0.717, 1.165) is 17.9 Å². The summed E-state index contributed by atoms with van der Waals surface area (Å²) in [6.07, 6.45) is 7.25. The minimum Gasteiger partial charge on any atom is -0.344 e. The van der Waals surface area contributed by atoms with Crippen LogP contribution in [0.25, 0.3) is 0 Å². The van der Waals surface area contributed by atoms with Gasteiger partial charge >= 0.3 is 0 Å². The van der Waals surface area contributed by atoms with Crippen LogP contribution in [-0.4, -0.2) is 16.5 Å². The average molecular weight is 228 g/mol. The van der Waals surface area contributed by atoms with E-state index in [-0.39, 0.29) is 0 Å². The van der Waals surface area contributed by atoms with Gasteiger partial charge in [0.2, 0.25) is 0 Å². The van der Waals surface area contributed by atoms with E-state index in [1.807, 2.05) is 0 Å². The summed E-state index contributed by atoms with van der Waals surface area (Å²) < 4.78 is 0. The minimum absolute atomic E-state index is 0.588. The zero-order valence-corrected chi connectivity index (χ0v) is 9.69. The van der Waals surface area contributed by atoms with E-state index in [9.17, 15) is 0 Å². The summed E-state index contributed by atoms with van der Waals surface area (Å²) in [7, 11) is 0. The largest absolute Gasteiger partial charge is 0.344 e. The third-order valence-corrected chi connectivity index (χ3v) is 3.42. The predicted octanol–water partition coefficient (Wildman–Crippen LogP) is 2.61. The van der Waals surface area contributed by atoms with Gasteiger partial charge in [0.25, 0.3) is 0 Å². The average Bonchev–Trinajstić information content (AvgIpc) is 2.61. The van der Waals surface area contributed by atoms with Crippen LogP contribution in [-0.2, 0) is 6.42 Å². The van der Waals surface area contributed by atoms with Crippen LogP contribution in [0.4, 0.5) is 0 Å². The summed E-state index contributed by atoms with van der Waals surface area (Å²) in [5, 5.41) is 0.658. The number of halogens is 1. The maximum absolute atomic E-state index is 6.13. The topological polar surface area (TPSA) is 54.7 Å². The van der Waals surface area contributed by atoms with E-state index in [1.54, 1.807) is 0 Å². The van der Waals surface area contributed by atoms with E-state index in [2.05, 4.69) is 9.97 Å². The number of imidazole rings is 1. The summed E-state index contributed by atoms with van der Waals surface area (Å²) in [6, 6.07) is 0. The molecule has 0 spiro atoms. The zero-order valence-electron chi connectivity index (χ0n) is 8.93. The molecule has 0 unspecified atom stereocenters. The Labute approximate surface area is 95.4 Å². The molecule has 1 aromatic heterocycles. The van der Waals surface area contributed by atoms with Crippen molar-refractivity contribution in [3.8, 4) is 0 Å². The Balaban J connectivity index is 2.11. The number of rotatable bonds is 3. The van der Waals surface area contributed by atoms with E-state index >= 15 is 0 Å². The molecule has 84 valence electrons. The number of nitrogens with two attached hydrogens (primary N) is 1. The molecule has 0 aliphatic heterocycles. The van der Waals surface area contributed by atoms with E-state index in [1.165, 1.54) is 32.1 Å². The fourth-order valence-electron chi connectivity index (χ4n) is 2.33. The first-order chi connectivity index (χ1) is 7.31. The Bertz CT molecular complexity index is 316. The second kappa shape index (κ2) is 4.99. The number of hydrogen-bond acceptors (Lipinski definition) is 2. The highest BCUT2D eigenvalue weighted by Crippen LogP contribution is 2.34. The van der Waals surface area contributed by atoms with E-state index < -0.39 is 0 Å². The summed E-state index contributed by atoms with van der Waals surface area (Å²) in [4.78, 5) is 7.63. The molecule has 0 saturated heterocycles. The number of hydrogen-bond donors (Lipinski definition) is 2. The minimum atomic E-state index is 0.588. The van der Waals surface area contributed by atoms with Crippen molar-refractivity contribution in [1.82, 2.24) is 9.97 Å². The summed E-state index contributed by atoms with van der Waals surface area (Å²) in [5.41, 5.74) is 6.63. The Morgan fingerprint density at radius 2 is 2.07 bits per heavy atom. The fourth-order valence-corrected chi connectivity index (χ4v) is 2.63. The van der Waals surface area contributed by atoms with Crippen molar-refractivity contribution in [2.75, 3.05) is 6.54 Å². The van der Waals surface area contributed by atoms with Gasteiger partial charge < -0.3 is 10.7 Å². The highest BCUT2D eigenvalue weighted by atomic mass is 35.5. The highest BCUT2D eigenvalue weighted by Gasteiger charge is 2.20. The van der Waals surface area contributed by atoms with Crippen LogP contribution >= 0.6 is 11.6 Å². The normalized spacial score (nSPS) is 18.3. The second-order valence-corrected chi connectivity index (χ2v) is 4.62. The quantitative estimate of drug-likeness (QED) is 0.834. The number of aromatic amines is 1. The van der Waals surface area contributed by atoms with Crippen molar-refractivity contribution in [1.29, 1.82) is 0 Å². The van der Waals surface area contributed by atoms with E-state index in [0.29, 0.717) is 17.6 Å². The molecule has 4 heteroatoms. The van der Waals surface area contributed by atoms with Gasteiger partial charge in [-0.1, -0.05) is 30.9 Å². The third-order valence-electron chi connectivity index (χ3n) is 3.13. The summed E-state index contributed by atoms with van der Waals surface area (Å²) >= 11 is 6.13. The standard InChI is InChI=1S/C11H18ClN3/c12-11-10(8-4-2-1-3-5-8)14-9(15-11)6-7-13/h8H,1-7,13H2,(H,14,15). The fraction of sp³-hybridized carbons (Fsp3) is 0.727. The van der Waals surface area contributed by atoms with Gasteiger partial charge in [-0.25, -0.2) is 4.98 Å². The van der Waals surface area contributed by atoms with Crippen molar-refractivity contribution >= 4 is 11.6 Å². The molecule has 0 aromatic carbocycles. The second-order valence-electron chi connectivity index (χ2n) is 4.26. The van der Waals surface area contributed by atoms with Gasteiger partial charge in [-0.15, -0.1) is 0 Å². The highest BCUT2D eigenvalue weighted by molar-refractivity contribution is 6.30. The Kier molecular flexibility index (Phi) is 3.65. The molecular formula is C11H18ClN3. The van der Waals surface area contributed by atoms with Gasteiger partial charge in [-0.3, -0.25) is 0 Å². The maximum Gasteiger partial charge on any atom is 0.150 e. The Morgan fingerprint density at radius 3 is 2.73 bits per heavy atom. The van der Waals surface area contributed by atoms with Crippen LogP contribution < -0.4 is 5.73 Å². The molecule has 15 heavy (non-hydrogen) atoms. The van der Waals surface area contributed by atoms with Crippen molar-refractivity contribution in [3.63, 3.8) is 0 Å². The van der Waals surface area contributed by atoms with Crippen LogP contribution in [0.15, 0.2) is 0 Å².